The number of anilines is 1. The Balaban J connectivity index is 1.66. The summed E-state index contributed by atoms with van der Waals surface area (Å²) >= 11 is 0. The van der Waals surface area contributed by atoms with Crippen LogP contribution in [-0.2, 0) is 0 Å². The van der Waals surface area contributed by atoms with Crippen molar-refractivity contribution in [3.63, 3.8) is 0 Å². The second-order valence-corrected chi connectivity index (χ2v) is 6.54. The predicted octanol–water partition coefficient (Wildman–Crippen LogP) is 2.92. The van der Waals surface area contributed by atoms with Gasteiger partial charge in [-0.2, -0.15) is 0 Å². The lowest BCUT2D eigenvalue weighted by Gasteiger charge is -2.48. The van der Waals surface area contributed by atoms with E-state index in [1.165, 1.54) is 24.6 Å². The zero-order valence-electron chi connectivity index (χ0n) is 13.3. The van der Waals surface area contributed by atoms with E-state index in [0.29, 0.717) is 12.1 Å². The van der Waals surface area contributed by atoms with E-state index in [1.807, 2.05) is 12.1 Å². The largest absolute Gasteiger partial charge is 0.497 e. The molecule has 2 aliphatic rings. The van der Waals surface area contributed by atoms with Gasteiger partial charge in [0.2, 0.25) is 0 Å². The van der Waals surface area contributed by atoms with Crippen molar-refractivity contribution in [2.45, 2.75) is 31.3 Å². The number of pyridine rings is 1. The highest BCUT2D eigenvalue weighted by atomic mass is 16.5. The van der Waals surface area contributed by atoms with Crippen molar-refractivity contribution in [2.24, 2.45) is 0 Å². The van der Waals surface area contributed by atoms with Crippen LogP contribution in [0, 0.1) is 0 Å². The van der Waals surface area contributed by atoms with Crippen LogP contribution >= 0.6 is 0 Å². The Labute approximate surface area is 131 Å². The Morgan fingerprint density at radius 2 is 1.82 bits per heavy atom. The van der Waals surface area contributed by atoms with Crippen molar-refractivity contribution >= 4 is 16.7 Å². The van der Waals surface area contributed by atoms with Crippen LogP contribution in [0.1, 0.15) is 19.3 Å². The van der Waals surface area contributed by atoms with Crippen LogP contribution < -0.4 is 9.64 Å². The number of methoxy groups -OCH3 is 1. The van der Waals surface area contributed by atoms with Gasteiger partial charge in [0.1, 0.15) is 11.6 Å². The molecule has 4 nitrogen and oxygen atoms in total. The van der Waals surface area contributed by atoms with Gasteiger partial charge in [-0.25, -0.2) is 4.98 Å². The fourth-order valence-corrected chi connectivity index (χ4v) is 3.89. The number of hydrogen-bond acceptors (Lipinski definition) is 4. The SMILES string of the molecule is COc1ccc2ccc(N3CC4CCCC(C3)N4C)nc2c1. The number of ether oxygens (including phenoxy) is 1. The summed E-state index contributed by atoms with van der Waals surface area (Å²) in [5, 5.41) is 1.17. The summed E-state index contributed by atoms with van der Waals surface area (Å²) in [5.41, 5.74) is 1.01. The molecule has 2 bridgehead atoms. The van der Waals surface area contributed by atoms with Crippen molar-refractivity contribution in [3.8, 4) is 5.75 Å². The lowest BCUT2D eigenvalue weighted by atomic mass is 9.92. The molecule has 1 aromatic heterocycles. The minimum atomic E-state index is 0.676. The average molecular weight is 297 g/mol. The van der Waals surface area contributed by atoms with Gasteiger partial charge in [0.15, 0.2) is 0 Å². The maximum Gasteiger partial charge on any atom is 0.129 e. The molecule has 2 unspecified atom stereocenters. The molecule has 0 radical (unpaired) electrons. The molecule has 22 heavy (non-hydrogen) atoms. The first-order valence-corrected chi connectivity index (χ1v) is 8.16. The Morgan fingerprint density at radius 3 is 2.55 bits per heavy atom. The number of piperidine rings is 1. The molecule has 2 aliphatic heterocycles. The summed E-state index contributed by atoms with van der Waals surface area (Å²) in [7, 11) is 3.98. The second kappa shape index (κ2) is 5.43. The molecule has 2 fully saturated rings. The minimum absolute atomic E-state index is 0.676. The van der Waals surface area contributed by atoms with E-state index >= 15 is 0 Å². The van der Waals surface area contributed by atoms with Gasteiger partial charge in [-0.15, -0.1) is 0 Å². The number of hydrogen-bond donors (Lipinski definition) is 0. The summed E-state index contributed by atoms with van der Waals surface area (Å²) in [5.74, 6) is 1.97. The molecule has 0 N–H and O–H groups in total. The Kier molecular flexibility index (Phi) is 3.41. The predicted molar refractivity (Wildman–Crippen MR) is 89.7 cm³/mol. The van der Waals surface area contributed by atoms with Gasteiger partial charge >= 0.3 is 0 Å². The van der Waals surface area contributed by atoms with Gasteiger partial charge in [-0.1, -0.05) is 6.42 Å². The molecule has 4 rings (SSSR count). The monoisotopic (exact) mass is 297 g/mol. The number of benzene rings is 1. The fourth-order valence-electron chi connectivity index (χ4n) is 3.89. The van der Waals surface area contributed by atoms with Crippen molar-refractivity contribution < 1.29 is 4.74 Å². The quantitative estimate of drug-likeness (QED) is 0.852. The van der Waals surface area contributed by atoms with Crippen molar-refractivity contribution in [1.29, 1.82) is 0 Å². The van der Waals surface area contributed by atoms with Gasteiger partial charge in [0, 0.05) is 36.6 Å². The second-order valence-electron chi connectivity index (χ2n) is 6.54. The van der Waals surface area contributed by atoms with Crippen LogP contribution in [0.2, 0.25) is 0 Å². The van der Waals surface area contributed by atoms with Crippen LogP contribution in [0.15, 0.2) is 30.3 Å². The Hall–Kier alpha value is -1.81. The summed E-state index contributed by atoms with van der Waals surface area (Å²) in [4.78, 5) is 9.93. The third-order valence-corrected chi connectivity index (χ3v) is 5.30. The zero-order chi connectivity index (χ0) is 15.1. The van der Waals surface area contributed by atoms with Crippen molar-refractivity contribution in [3.05, 3.63) is 30.3 Å². The molecule has 0 spiro atoms. The lowest BCUT2D eigenvalue weighted by Crippen LogP contribution is -2.59. The van der Waals surface area contributed by atoms with Gasteiger partial charge in [0.05, 0.1) is 12.6 Å². The lowest BCUT2D eigenvalue weighted by molar-refractivity contribution is 0.0947. The topological polar surface area (TPSA) is 28.6 Å². The number of rotatable bonds is 2. The van der Waals surface area contributed by atoms with Crippen LogP contribution in [0.5, 0.6) is 5.75 Å². The minimum Gasteiger partial charge on any atom is -0.497 e. The van der Waals surface area contributed by atoms with E-state index < -0.39 is 0 Å². The highest BCUT2D eigenvalue weighted by Crippen LogP contribution is 2.30. The number of fused-ring (bicyclic) bond motifs is 3. The molecule has 0 saturated carbocycles. The highest BCUT2D eigenvalue weighted by molar-refractivity contribution is 5.81. The average Bonchev–Trinajstić information content (AvgIpc) is 2.53. The maximum absolute atomic E-state index is 5.32. The van der Waals surface area contributed by atoms with E-state index in [-0.39, 0.29) is 0 Å². The van der Waals surface area contributed by atoms with E-state index in [9.17, 15) is 0 Å². The van der Waals surface area contributed by atoms with E-state index in [4.69, 9.17) is 9.72 Å². The van der Waals surface area contributed by atoms with Crippen LogP contribution in [0.25, 0.3) is 10.9 Å². The third kappa shape index (κ3) is 2.31. The van der Waals surface area contributed by atoms with E-state index in [0.717, 1.165) is 30.2 Å². The van der Waals surface area contributed by atoms with Gasteiger partial charge in [0.25, 0.3) is 0 Å². The Morgan fingerprint density at radius 1 is 1.09 bits per heavy atom. The molecule has 1 aromatic carbocycles. The van der Waals surface area contributed by atoms with Crippen LogP contribution in [-0.4, -0.2) is 49.2 Å². The molecule has 0 amide bonds. The normalized spacial score (nSPS) is 25.5. The Bertz CT molecular complexity index is 673. The molecule has 2 saturated heterocycles. The van der Waals surface area contributed by atoms with Crippen LogP contribution in [0.4, 0.5) is 5.82 Å². The molecular weight excluding hydrogens is 274 g/mol. The number of likely N-dealkylation sites (N-methyl/N-ethyl adjacent to an activating group) is 1. The van der Waals surface area contributed by atoms with Gasteiger partial charge in [-0.05, 0) is 44.2 Å². The first-order chi connectivity index (χ1) is 10.7. The van der Waals surface area contributed by atoms with Crippen molar-refractivity contribution in [2.75, 3.05) is 32.1 Å². The summed E-state index contributed by atoms with van der Waals surface area (Å²) in [6.07, 6.45) is 3.99. The van der Waals surface area contributed by atoms with Crippen molar-refractivity contribution in [1.82, 2.24) is 9.88 Å². The molecule has 0 aliphatic carbocycles. The first-order valence-electron chi connectivity index (χ1n) is 8.16. The summed E-state index contributed by atoms with van der Waals surface area (Å²) in [6.45, 7) is 2.19. The molecule has 2 atom stereocenters. The highest BCUT2D eigenvalue weighted by Gasteiger charge is 2.35. The molecule has 116 valence electrons. The number of aromatic nitrogens is 1. The number of nitrogens with zero attached hydrogens (tertiary/aromatic N) is 3. The van der Waals surface area contributed by atoms with E-state index in [2.05, 4.69) is 35.0 Å². The third-order valence-electron chi connectivity index (χ3n) is 5.30. The summed E-state index contributed by atoms with van der Waals surface area (Å²) < 4.78 is 5.32. The molecular formula is C18H23N3O. The van der Waals surface area contributed by atoms with Gasteiger partial charge in [-0.3, -0.25) is 4.90 Å². The maximum atomic E-state index is 5.32. The molecule has 3 heterocycles. The number of piperazine rings is 1. The van der Waals surface area contributed by atoms with Gasteiger partial charge < -0.3 is 9.64 Å². The standard InChI is InChI=1S/C18H23N3O/c1-20-14-4-3-5-15(20)12-21(11-14)18-9-7-13-6-8-16(22-2)10-17(13)19-18/h6-10,14-15H,3-5,11-12H2,1-2H3. The molecule has 4 heteroatoms. The fraction of sp³-hybridized carbons (Fsp3) is 0.500. The summed E-state index contributed by atoms with van der Waals surface area (Å²) in [6, 6.07) is 11.8. The van der Waals surface area contributed by atoms with Crippen LogP contribution in [0.3, 0.4) is 0 Å². The first kappa shape index (κ1) is 13.8. The zero-order valence-corrected chi connectivity index (χ0v) is 13.3. The molecule has 2 aromatic rings. The van der Waals surface area contributed by atoms with E-state index in [1.54, 1.807) is 7.11 Å². The smallest absolute Gasteiger partial charge is 0.129 e.